The molecular weight excluding hydrogens is 335 g/mol. The first-order valence-electron chi connectivity index (χ1n) is 8.02. The molecule has 1 aliphatic rings. The minimum absolute atomic E-state index is 0.0974. The molecule has 0 unspecified atom stereocenters. The van der Waals surface area contributed by atoms with Crippen molar-refractivity contribution in [2.75, 3.05) is 30.8 Å². The number of hydrogen-bond acceptors (Lipinski definition) is 6. The van der Waals surface area contributed by atoms with Gasteiger partial charge in [0.2, 0.25) is 5.95 Å². The molecule has 2 aromatic heterocycles. The van der Waals surface area contributed by atoms with Crippen molar-refractivity contribution >= 4 is 17.5 Å². The zero-order valence-corrected chi connectivity index (χ0v) is 14.2. The summed E-state index contributed by atoms with van der Waals surface area (Å²) in [7, 11) is 2.02. The van der Waals surface area contributed by atoms with Gasteiger partial charge in [-0.15, -0.1) is 0 Å². The Hall–Kier alpha value is -2.36. The molecule has 3 rings (SSSR count). The first kappa shape index (κ1) is 17.5. The average molecular weight is 355 g/mol. The lowest BCUT2D eigenvalue weighted by Gasteiger charge is -2.31. The minimum atomic E-state index is -4.51. The first-order valence-corrected chi connectivity index (χ1v) is 8.02. The summed E-state index contributed by atoms with van der Waals surface area (Å²) in [5.74, 6) is -0.140. The highest BCUT2D eigenvalue weighted by Gasteiger charge is 2.35. The van der Waals surface area contributed by atoms with Crippen LogP contribution in [0.3, 0.4) is 0 Å². The molecule has 0 aromatic carbocycles. The van der Waals surface area contributed by atoms with E-state index >= 15 is 0 Å². The van der Waals surface area contributed by atoms with Crippen LogP contribution >= 0.6 is 0 Å². The smallest absolute Gasteiger partial charge is 0.370 e. The third-order valence-corrected chi connectivity index (χ3v) is 4.29. The number of likely N-dealkylation sites (N-methyl/N-ethyl adjacent to an activating group) is 1. The summed E-state index contributed by atoms with van der Waals surface area (Å²) in [5, 5.41) is 9.97. The largest absolute Gasteiger partial charge is 0.421 e. The van der Waals surface area contributed by atoms with Gasteiger partial charge < -0.3 is 10.6 Å². The van der Waals surface area contributed by atoms with Crippen molar-refractivity contribution in [3.8, 4) is 0 Å². The fraction of sp³-hybridized carbons (Fsp3) is 0.533. The van der Waals surface area contributed by atoms with Gasteiger partial charge in [0.15, 0.2) is 0 Å². The first-order chi connectivity index (χ1) is 11.8. The number of halogens is 3. The molecule has 2 aromatic rings. The highest BCUT2D eigenvalue weighted by Crippen LogP contribution is 2.35. The number of anilines is 3. The second-order valence-electron chi connectivity index (χ2n) is 5.93. The summed E-state index contributed by atoms with van der Waals surface area (Å²) in [6.45, 7) is 5.73. The number of rotatable bonds is 4. The monoisotopic (exact) mass is 355 g/mol. The third-order valence-electron chi connectivity index (χ3n) is 4.29. The molecule has 0 amide bonds. The molecule has 0 bridgehead atoms. The van der Waals surface area contributed by atoms with Crippen molar-refractivity contribution in [2.45, 2.75) is 32.6 Å². The average Bonchev–Trinajstić information content (AvgIpc) is 2.94. The van der Waals surface area contributed by atoms with Crippen LogP contribution in [0.1, 0.15) is 31.1 Å². The SMILES string of the molecule is CCNc1nc(Nc2cnn3c2[C@@H](C)N(C)CC3)ncc1C(F)(F)F. The van der Waals surface area contributed by atoms with Crippen LogP contribution in [0, 0.1) is 0 Å². The topological polar surface area (TPSA) is 70.9 Å². The van der Waals surface area contributed by atoms with Crippen LogP contribution in [0.15, 0.2) is 12.4 Å². The number of hydrogen-bond donors (Lipinski definition) is 2. The molecule has 1 atom stereocenters. The molecular formula is C15H20F3N7. The van der Waals surface area contributed by atoms with Crippen molar-refractivity contribution in [2.24, 2.45) is 0 Å². The molecule has 0 aliphatic carbocycles. The second kappa shape index (κ2) is 6.51. The molecule has 25 heavy (non-hydrogen) atoms. The number of alkyl halides is 3. The van der Waals surface area contributed by atoms with Gasteiger partial charge in [0.05, 0.1) is 30.2 Å². The molecule has 2 N–H and O–H groups in total. The zero-order valence-electron chi connectivity index (χ0n) is 14.2. The van der Waals surface area contributed by atoms with E-state index in [9.17, 15) is 13.2 Å². The second-order valence-corrected chi connectivity index (χ2v) is 5.93. The fourth-order valence-electron chi connectivity index (χ4n) is 2.84. The third kappa shape index (κ3) is 3.39. The molecule has 136 valence electrons. The summed E-state index contributed by atoms with van der Waals surface area (Å²) < 4.78 is 41.0. The van der Waals surface area contributed by atoms with Gasteiger partial charge in [-0.25, -0.2) is 4.98 Å². The van der Waals surface area contributed by atoms with E-state index in [2.05, 4.69) is 37.5 Å². The van der Waals surface area contributed by atoms with Gasteiger partial charge >= 0.3 is 6.18 Å². The number of nitrogens with zero attached hydrogens (tertiary/aromatic N) is 5. The Bertz CT molecular complexity index is 756. The summed E-state index contributed by atoms with van der Waals surface area (Å²) in [6, 6.07) is 0.126. The molecule has 0 fully saturated rings. The molecule has 3 heterocycles. The van der Waals surface area contributed by atoms with Crippen molar-refractivity contribution in [1.82, 2.24) is 24.6 Å². The van der Waals surface area contributed by atoms with E-state index in [0.717, 1.165) is 25.0 Å². The van der Waals surface area contributed by atoms with Crippen LogP contribution in [-0.2, 0) is 12.7 Å². The number of nitrogens with one attached hydrogen (secondary N) is 2. The van der Waals surface area contributed by atoms with E-state index in [0.29, 0.717) is 12.2 Å². The maximum Gasteiger partial charge on any atom is 0.421 e. The predicted molar refractivity (Wildman–Crippen MR) is 87.8 cm³/mol. The summed E-state index contributed by atoms with van der Waals surface area (Å²) in [5.41, 5.74) is 0.772. The van der Waals surface area contributed by atoms with E-state index in [-0.39, 0.29) is 17.8 Å². The molecule has 1 aliphatic heterocycles. The van der Waals surface area contributed by atoms with Gasteiger partial charge in [0.1, 0.15) is 11.4 Å². The molecule has 0 radical (unpaired) electrons. The molecule has 0 spiro atoms. The summed E-state index contributed by atoms with van der Waals surface area (Å²) in [6.07, 6.45) is -2.07. The Labute approximate surface area is 143 Å². The maximum absolute atomic E-state index is 13.0. The number of aromatic nitrogens is 4. The summed E-state index contributed by atoms with van der Waals surface area (Å²) >= 11 is 0. The Morgan fingerprint density at radius 3 is 2.72 bits per heavy atom. The van der Waals surface area contributed by atoms with Crippen molar-refractivity contribution in [3.63, 3.8) is 0 Å². The Kier molecular flexibility index (Phi) is 4.55. The highest BCUT2D eigenvalue weighted by atomic mass is 19.4. The van der Waals surface area contributed by atoms with Crippen molar-refractivity contribution < 1.29 is 13.2 Å². The fourth-order valence-corrected chi connectivity index (χ4v) is 2.84. The van der Waals surface area contributed by atoms with E-state index in [1.165, 1.54) is 0 Å². The van der Waals surface area contributed by atoms with Gasteiger partial charge in [-0.3, -0.25) is 9.58 Å². The van der Waals surface area contributed by atoms with E-state index < -0.39 is 11.7 Å². The lowest BCUT2D eigenvalue weighted by atomic mass is 10.1. The van der Waals surface area contributed by atoms with Gasteiger partial charge in [0.25, 0.3) is 0 Å². The lowest BCUT2D eigenvalue weighted by Crippen LogP contribution is -2.34. The normalized spacial score (nSPS) is 18.1. The van der Waals surface area contributed by atoms with E-state index in [1.54, 1.807) is 13.1 Å². The Morgan fingerprint density at radius 1 is 1.28 bits per heavy atom. The Morgan fingerprint density at radius 2 is 2.04 bits per heavy atom. The van der Waals surface area contributed by atoms with Gasteiger partial charge in [-0.05, 0) is 20.9 Å². The van der Waals surface area contributed by atoms with Crippen molar-refractivity contribution in [1.29, 1.82) is 0 Å². The lowest BCUT2D eigenvalue weighted by molar-refractivity contribution is -0.137. The summed E-state index contributed by atoms with van der Waals surface area (Å²) in [4.78, 5) is 10.00. The molecule has 7 nitrogen and oxygen atoms in total. The quantitative estimate of drug-likeness (QED) is 0.879. The molecule has 0 saturated carbocycles. The van der Waals surface area contributed by atoms with Crippen LogP contribution in [0.5, 0.6) is 0 Å². The van der Waals surface area contributed by atoms with Crippen molar-refractivity contribution in [3.05, 3.63) is 23.7 Å². The highest BCUT2D eigenvalue weighted by molar-refractivity contribution is 5.59. The number of fused-ring (bicyclic) bond motifs is 1. The van der Waals surface area contributed by atoms with Gasteiger partial charge in [-0.1, -0.05) is 0 Å². The standard InChI is InChI=1S/C15H20F3N7/c1-4-19-13-10(15(16,17)18)7-20-14(23-13)22-11-8-21-25-6-5-24(3)9(2)12(11)25/h7-9H,4-6H2,1-3H3,(H2,19,20,22,23)/t9-/m1/s1. The van der Waals surface area contributed by atoms with Gasteiger partial charge in [0, 0.05) is 19.3 Å². The van der Waals surface area contributed by atoms with Crippen LogP contribution in [0.25, 0.3) is 0 Å². The zero-order chi connectivity index (χ0) is 18.2. The minimum Gasteiger partial charge on any atom is -0.370 e. The van der Waals surface area contributed by atoms with Crippen LogP contribution in [-0.4, -0.2) is 44.8 Å². The van der Waals surface area contributed by atoms with Crippen LogP contribution < -0.4 is 10.6 Å². The molecule has 0 saturated heterocycles. The van der Waals surface area contributed by atoms with E-state index in [4.69, 9.17) is 0 Å². The van der Waals surface area contributed by atoms with Gasteiger partial charge in [-0.2, -0.15) is 23.3 Å². The molecule has 10 heteroatoms. The Balaban J connectivity index is 1.92. The van der Waals surface area contributed by atoms with E-state index in [1.807, 2.05) is 11.7 Å². The van der Waals surface area contributed by atoms with Crippen LogP contribution in [0.4, 0.5) is 30.6 Å². The maximum atomic E-state index is 13.0. The predicted octanol–water partition coefficient (Wildman–Crippen LogP) is 2.87. The van der Waals surface area contributed by atoms with Crippen LogP contribution in [0.2, 0.25) is 0 Å².